The number of hydrogen-bond acceptors (Lipinski definition) is 3. The fourth-order valence-corrected chi connectivity index (χ4v) is 3.03. The van der Waals surface area contributed by atoms with Gasteiger partial charge in [0.1, 0.15) is 0 Å². The predicted octanol–water partition coefficient (Wildman–Crippen LogP) is 3.59. The molecule has 0 atom stereocenters. The van der Waals surface area contributed by atoms with Gasteiger partial charge in [-0.05, 0) is 29.2 Å². The summed E-state index contributed by atoms with van der Waals surface area (Å²) in [6.07, 6.45) is 3.98. The molecule has 0 radical (unpaired) electrons. The number of benzene rings is 2. The van der Waals surface area contributed by atoms with Gasteiger partial charge in [0.25, 0.3) is 0 Å². The van der Waals surface area contributed by atoms with Gasteiger partial charge in [-0.1, -0.05) is 42.5 Å². The van der Waals surface area contributed by atoms with Gasteiger partial charge in [-0.25, -0.2) is 0 Å². The number of amides is 1. The Kier molecular flexibility index (Phi) is 4.81. The second-order valence-corrected chi connectivity index (χ2v) is 6.22. The Labute approximate surface area is 134 Å². The highest BCUT2D eigenvalue weighted by molar-refractivity contribution is 7.09. The molecule has 0 aliphatic heterocycles. The van der Waals surface area contributed by atoms with Crippen molar-refractivity contribution in [3.63, 3.8) is 0 Å². The SMILES string of the molecule is O=C(CCc1cncs1)NCCc1ccc2ccccc2c1. The Morgan fingerprint density at radius 2 is 1.95 bits per heavy atom. The van der Waals surface area contributed by atoms with E-state index >= 15 is 0 Å². The Bertz CT molecular complexity index is 753. The highest BCUT2D eigenvalue weighted by Crippen LogP contribution is 2.15. The molecule has 0 bridgehead atoms. The van der Waals surface area contributed by atoms with Gasteiger partial charge >= 0.3 is 0 Å². The van der Waals surface area contributed by atoms with Gasteiger partial charge in [0, 0.05) is 24.0 Å². The number of fused-ring (bicyclic) bond motifs is 1. The fourth-order valence-electron chi connectivity index (χ4n) is 2.43. The van der Waals surface area contributed by atoms with Gasteiger partial charge in [0.15, 0.2) is 0 Å². The van der Waals surface area contributed by atoms with Crippen LogP contribution in [-0.2, 0) is 17.6 Å². The summed E-state index contributed by atoms with van der Waals surface area (Å²) in [5, 5.41) is 5.48. The lowest BCUT2D eigenvalue weighted by molar-refractivity contribution is -0.121. The molecule has 4 heteroatoms. The van der Waals surface area contributed by atoms with Gasteiger partial charge in [-0.2, -0.15) is 0 Å². The topological polar surface area (TPSA) is 42.0 Å². The summed E-state index contributed by atoms with van der Waals surface area (Å²) in [5.41, 5.74) is 3.05. The minimum Gasteiger partial charge on any atom is -0.356 e. The van der Waals surface area contributed by atoms with Crippen molar-refractivity contribution < 1.29 is 4.79 Å². The molecule has 112 valence electrons. The minimum absolute atomic E-state index is 0.106. The molecule has 0 saturated carbocycles. The van der Waals surface area contributed by atoms with E-state index in [1.807, 2.05) is 18.3 Å². The van der Waals surface area contributed by atoms with Crippen LogP contribution in [0.1, 0.15) is 16.9 Å². The third kappa shape index (κ3) is 3.92. The number of aromatic nitrogens is 1. The first kappa shape index (κ1) is 14.7. The lowest BCUT2D eigenvalue weighted by Crippen LogP contribution is -2.25. The second kappa shape index (κ2) is 7.18. The zero-order valence-corrected chi connectivity index (χ0v) is 13.1. The first-order valence-electron chi connectivity index (χ1n) is 7.43. The van der Waals surface area contributed by atoms with E-state index in [4.69, 9.17) is 0 Å². The Morgan fingerprint density at radius 3 is 2.77 bits per heavy atom. The molecule has 0 saturated heterocycles. The highest BCUT2D eigenvalue weighted by Gasteiger charge is 2.03. The molecule has 0 fully saturated rings. The van der Waals surface area contributed by atoms with Crippen LogP contribution in [-0.4, -0.2) is 17.4 Å². The number of hydrogen-bond donors (Lipinski definition) is 1. The van der Waals surface area contributed by atoms with Gasteiger partial charge < -0.3 is 5.32 Å². The minimum atomic E-state index is 0.106. The summed E-state index contributed by atoms with van der Waals surface area (Å²) in [5.74, 6) is 0.106. The highest BCUT2D eigenvalue weighted by atomic mass is 32.1. The summed E-state index contributed by atoms with van der Waals surface area (Å²) in [4.78, 5) is 17.0. The molecule has 1 N–H and O–H groups in total. The molecule has 1 aromatic heterocycles. The van der Waals surface area contributed by atoms with E-state index in [-0.39, 0.29) is 5.91 Å². The van der Waals surface area contributed by atoms with E-state index in [9.17, 15) is 4.79 Å². The van der Waals surface area contributed by atoms with Gasteiger partial charge in [0.05, 0.1) is 5.51 Å². The third-order valence-electron chi connectivity index (χ3n) is 3.63. The molecule has 0 unspecified atom stereocenters. The first-order valence-corrected chi connectivity index (χ1v) is 8.31. The number of thiazole rings is 1. The van der Waals surface area contributed by atoms with Crippen LogP contribution in [0.3, 0.4) is 0 Å². The number of carbonyl (C=O) groups is 1. The normalized spacial score (nSPS) is 10.7. The molecule has 3 nitrogen and oxygen atoms in total. The van der Waals surface area contributed by atoms with Crippen molar-refractivity contribution in [2.45, 2.75) is 19.3 Å². The average Bonchev–Trinajstić information content (AvgIpc) is 3.06. The number of nitrogens with one attached hydrogen (secondary N) is 1. The van der Waals surface area contributed by atoms with Crippen molar-refractivity contribution in [3.05, 3.63) is 64.6 Å². The van der Waals surface area contributed by atoms with Crippen LogP contribution in [0, 0.1) is 0 Å². The lowest BCUT2D eigenvalue weighted by Gasteiger charge is -2.06. The summed E-state index contributed by atoms with van der Waals surface area (Å²) in [6, 6.07) is 14.8. The number of aryl methyl sites for hydroxylation is 1. The molecule has 0 aliphatic carbocycles. The van der Waals surface area contributed by atoms with E-state index in [0.717, 1.165) is 17.7 Å². The van der Waals surface area contributed by atoms with E-state index in [0.29, 0.717) is 13.0 Å². The summed E-state index contributed by atoms with van der Waals surface area (Å²) >= 11 is 1.60. The lowest BCUT2D eigenvalue weighted by atomic mass is 10.1. The summed E-state index contributed by atoms with van der Waals surface area (Å²) in [7, 11) is 0. The van der Waals surface area contributed by atoms with Crippen molar-refractivity contribution in [2.24, 2.45) is 0 Å². The molecule has 0 spiro atoms. The maximum Gasteiger partial charge on any atom is 0.220 e. The smallest absolute Gasteiger partial charge is 0.220 e. The number of rotatable bonds is 6. The molecule has 3 rings (SSSR count). The predicted molar refractivity (Wildman–Crippen MR) is 91.1 cm³/mol. The quantitative estimate of drug-likeness (QED) is 0.756. The van der Waals surface area contributed by atoms with Crippen molar-refractivity contribution in [3.8, 4) is 0 Å². The molecule has 3 aromatic rings. The molecular formula is C18H18N2OS. The van der Waals surface area contributed by atoms with Crippen LogP contribution in [0.2, 0.25) is 0 Å². The van der Waals surface area contributed by atoms with Gasteiger partial charge in [-0.15, -0.1) is 11.3 Å². The van der Waals surface area contributed by atoms with Crippen molar-refractivity contribution in [2.75, 3.05) is 6.54 Å². The number of nitrogens with zero attached hydrogens (tertiary/aromatic N) is 1. The molecule has 2 aromatic carbocycles. The summed E-state index contributed by atoms with van der Waals surface area (Å²) in [6.45, 7) is 0.680. The zero-order chi connectivity index (χ0) is 15.2. The van der Waals surface area contributed by atoms with Crippen LogP contribution < -0.4 is 5.32 Å². The Hall–Kier alpha value is -2.20. The zero-order valence-electron chi connectivity index (χ0n) is 12.3. The van der Waals surface area contributed by atoms with Gasteiger partial charge in [-0.3, -0.25) is 9.78 Å². The monoisotopic (exact) mass is 310 g/mol. The number of carbonyl (C=O) groups excluding carboxylic acids is 1. The Morgan fingerprint density at radius 1 is 1.09 bits per heavy atom. The largest absolute Gasteiger partial charge is 0.356 e. The maximum absolute atomic E-state index is 11.8. The van der Waals surface area contributed by atoms with Crippen LogP contribution in [0.15, 0.2) is 54.2 Å². The van der Waals surface area contributed by atoms with E-state index in [1.54, 1.807) is 16.8 Å². The fraction of sp³-hybridized carbons (Fsp3) is 0.222. The molecule has 22 heavy (non-hydrogen) atoms. The molecular weight excluding hydrogens is 292 g/mol. The third-order valence-corrected chi connectivity index (χ3v) is 4.47. The molecule has 1 heterocycles. The van der Waals surface area contributed by atoms with E-state index in [1.165, 1.54) is 16.3 Å². The second-order valence-electron chi connectivity index (χ2n) is 5.25. The maximum atomic E-state index is 11.8. The van der Waals surface area contributed by atoms with Crippen LogP contribution in [0.4, 0.5) is 0 Å². The summed E-state index contributed by atoms with van der Waals surface area (Å²) < 4.78 is 0. The molecule has 0 aliphatic rings. The van der Waals surface area contributed by atoms with Crippen LogP contribution in [0.5, 0.6) is 0 Å². The average molecular weight is 310 g/mol. The van der Waals surface area contributed by atoms with E-state index < -0.39 is 0 Å². The standard InChI is InChI=1S/C18H18N2OS/c21-18(8-7-17-12-19-13-22-17)20-10-9-14-5-6-15-3-1-2-4-16(15)11-14/h1-6,11-13H,7-10H2,(H,20,21). The van der Waals surface area contributed by atoms with Crippen molar-refractivity contribution >= 4 is 28.0 Å². The van der Waals surface area contributed by atoms with Crippen LogP contribution in [0.25, 0.3) is 10.8 Å². The van der Waals surface area contributed by atoms with Crippen LogP contribution >= 0.6 is 11.3 Å². The Balaban J connectivity index is 1.46. The first-order chi connectivity index (χ1) is 10.8. The molecule has 1 amide bonds. The van der Waals surface area contributed by atoms with Crippen molar-refractivity contribution in [1.29, 1.82) is 0 Å². The van der Waals surface area contributed by atoms with E-state index in [2.05, 4.69) is 40.6 Å². The van der Waals surface area contributed by atoms with Gasteiger partial charge in [0.2, 0.25) is 5.91 Å². The van der Waals surface area contributed by atoms with Crippen molar-refractivity contribution in [1.82, 2.24) is 10.3 Å².